The molecule has 2 aromatic carbocycles. The van der Waals surface area contributed by atoms with E-state index in [4.69, 9.17) is 5.73 Å². The zero-order valence-electron chi connectivity index (χ0n) is 17.9. The summed E-state index contributed by atoms with van der Waals surface area (Å²) in [6.07, 6.45) is 8.79. The molecule has 2 N–H and O–H groups in total. The van der Waals surface area contributed by atoms with Crippen molar-refractivity contribution in [1.82, 2.24) is 4.90 Å². The second kappa shape index (κ2) is 11.7. The molecule has 1 unspecified atom stereocenters. The van der Waals surface area contributed by atoms with Gasteiger partial charge < -0.3 is 10.6 Å². The Morgan fingerprint density at radius 2 is 1.43 bits per heavy atom. The number of benzene rings is 2. The van der Waals surface area contributed by atoms with E-state index in [1.807, 2.05) is 36.4 Å². The van der Waals surface area contributed by atoms with Gasteiger partial charge in [-0.2, -0.15) is 0 Å². The molecule has 0 bridgehead atoms. The predicted octanol–water partition coefficient (Wildman–Crippen LogP) is 5.52. The highest BCUT2D eigenvalue weighted by Crippen LogP contribution is 2.43. The lowest BCUT2D eigenvalue weighted by atomic mass is 9.64. The van der Waals surface area contributed by atoms with Gasteiger partial charge >= 0.3 is 0 Å². The average molecular weight is 471 g/mol. The van der Waals surface area contributed by atoms with Crippen LogP contribution in [0.2, 0.25) is 0 Å². The lowest BCUT2D eigenvalue weighted by Gasteiger charge is -2.37. The number of hydrogen-bond acceptors (Lipinski definition) is 2. The third kappa shape index (κ3) is 5.33. The van der Waals surface area contributed by atoms with Crippen LogP contribution in [0.4, 0.5) is 0 Å². The number of halogens is 1. The van der Waals surface area contributed by atoms with Gasteiger partial charge in [0.25, 0.3) is 0 Å². The highest BCUT2D eigenvalue weighted by molar-refractivity contribution is 9.09. The van der Waals surface area contributed by atoms with Crippen LogP contribution in [0, 0.1) is 5.92 Å². The standard InChI is InChI=1S/C26H35BrN2O/c27-18-11-3-1-2-4-12-19-29-20-17-24(21-29)26(25(28)30,22-13-7-5-8-14-22)23-15-9-6-10-16-23/h5-10,13-16,24H,1-4,11-12,17-21H2,(H2,28,30). The first-order chi connectivity index (χ1) is 14.7. The third-order valence-electron chi connectivity index (χ3n) is 6.59. The van der Waals surface area contributed by atoms with Crippen molar-refractivity contribution in [1.29, 1.82) is 0 Å². The quantitative estimate of drug-likeness (QED) is 0.328. The van der Waals surface area contributed by atoms with Gasteiger partial charge in [0.05, 0.1) is 0 Å². The minimum absolute atomic E-state index is 0.193. The minimum atomic E-state index is -0.771. The van der Waals surface area contributed by atoms with Gasteiger partial charge in [0, 0.05) is 11.9 Å². The Kier molecular flexibility index (Phi) is 8.95. The summed E-state index contributed by atoms with van der Waals surface area (Å²) in [6, 6.07) is 20.3. The highest BCUT2D eigenvalue weighted by Gasteiger charge is 2.49. The molecule has 162 valence electrons. The number of hydrogen-bond donors (Lipinski definition) is 1. The van der Waals surface area contributed by atoms with E-state index in [2.05, 4.69) is 45.1 Å². The highest BCUT2D eigenvalue weighted by atomic mass is 79.9. The van der Waals surface area contributed by atoms with E-state index in [1.165, 1.54) is 38.5 Å². The summed E-state index contributed by atoms with van der Waals surface area (Å²) in [7, 11) is 0. The van der Waals surface area contributed by atoms with Crippen LogP contribution in [-0.2, 0) is 10.2 Å². The lowest BCUT2D eigenvalue weighted by Crippen LogP contribution is -2.49. The molecule has 4 heteroatoms. The van der Waals surface area contributed by atoms with Gasteiger partial charge in [-0.05, 0) is 49.4 Å². The first-order valence-electron chi connectivity index (χ1n) is 11.4. The number of alkyl halides is 1. The molecule has 0 saturated carbocycles. The van der Waals surface area contributed by atoms with E-state index in [-0.39, 0.29) is 11.8 Å². The number of carbonyl (C=O) groups excluding carboxylic acids is 1. The van der Waals surface area contributed by atoms with Gasteiger partial charge in [-0.25, -0.2) is 0 Å². The molecule has 1 atom stereocenters. The SMILES string of the molecule is NC(=O)C(c1ccccc1)(c1ccccc1)C1CCN(CCCCCCCCBr)C1. The molecule has 1 aliphatic rings. The molecule has 0 spiro atoms. The monoisotopic (exact) mass is 470 g/mol. The summed E-state index contributed by atoms with van der Waals surface area (Å²) < 4.78 is 0. The molecule has 2 aromatic rings. The molecule has 0 aliphatic carbocycles. The Hall–Kier alpha value is -1.65. The molecule has 1 heterocycles. The Balaban J connectivity index is 1.71. The van der Waals surface area contributed by atoms with Gasteiger partial charge in [0.2, 0.25) is 5.91 Å². The fourth-order valence-corrected chi connectivity index (χ4v) is 5.45. The minimum Gasteiger partial charge on any atom is -0.369 e. The predicted molar refractivity (Wildman–Crippen MR) is 129 cm³/mol. The van der Waals surface area contributed by atoms with Crippen molar-refractivity contribution in [3.63, 3.8) is 0 Å². The van der Waals surface area contributed by atoms with Gasteiger partial charge in [-0.15, -0.1) is 0 Å². The number of rotatable bonds is 12. The molecule has 1 fully saturated rings. The van der Waals surface area contributed by atoms with E-state index < -0.39 is 5.41 Å². The van der Waals surface area contributed by atoms with Crippen LogP contribution in [0.25, 0.3) is 0 Å². The van der Waals surface area contributed by atoms with Crippen molar-refractivity contribution in [2.45, 2.75) is 50.4 Å². The number of nitrogens with two attached hydrogens (primary N) is 1. The van der Waals surface area contributed by atoms with Crippen molar-refractivity contribution in [2.24, 2.45) is 11.7 Å². The summed E-state index contributed by atoms with van der Waals surface area (Å²) in [6.45, 7) is 3.09. The van der Waals surface area contributed by atoms with Gasteiger partial charge in [0.1, 0.15) is 5.41 Å². The topological polar surface area (TPSA) is 46.3 Å². The number of likely N-dealkylation sites (tertiary alicyclic amines) is 1. The molecule has 3 rings (SSSR count). The van der Waals surface area contributed by atoms with Crippen molar-refractivity contribution in [3.8, 4) is 0 Å². The largest absolute Gasteiger partial charge is 0.369 e. The van der Waals surface area contributed by atoms with Crippen LogP contribution in [0.5, 0.6) is 0 Å². The number of carbonyl (C=O) groups is 1. The molecule has 1 aliphatic heterocycles. The van der Waals surface area contributed by atoms with E-state index in [0.717, 1.165) is 42.5 Å². The number of amides is 1. The van der Waals surface area contributed by atoms with Crippen LogP contribution in [0.1, 0.15) is 56.1 Å². The maximum absolute atomic E-state index is 13.1. The molecular formula is C26H35BrN2O. The number of nitrogens with zero attached hydrogens (tertiary/aromatic N) is 1. The molecule has 0 radical (unpaired) electrons. The summed E-state index contributed by atoms with van der Waals surface area (Å²) in [5.74, 6) is -0.0442. The molecule has 0 aromatic heterocycles. The molecule has 1 amide bonds. The van der Waals surface area contributed by atoms with Crippen molar-refractivity contribution in [3.05, 3.63) is 71.8 Å². The zero-order chi connectivity index (χ0) is 21.2. The summed E-state index contributed by atoms with van der Waals surface area (Å²) >= 11 is 3.50. The normalized spacial score (nSPS) is 17.3. The smallest absolute Gasteiger partial charge is 0.232 e. The van der Waals surface area contributed by atoms with Gasteiger partial charge in [0.15, 0.2) is 0 Å². The average Bonchev–Trinajstić information content (AvgIpc) is 3.24. The summed E-state index contributed by atoms with van der Waals surface area (Å²) in [5, 5.41) is 1.12. The van der Waals surface area contributed by atoms with E-state index in [1.54, 1.807) is 0 Å². The van der Waals surface area contributed by atoms with E-state index in [9.17, 15) is 4.79 Å². The van der Waals surface area contributed by atoms with Crippen LogP contribution in [0.3, 0.4) is 0 Å². The first kappa shape index (κ1) is 23.0. The fourth-order valence-electron chi connectivity index (χ4n) is 5.05. The fraction of sp³-hybridized carbons (Fsp3) is 0.500. The Morgan fingerprint density at radius 1 is 0.900 bits per heavy atom. The number of primary amides is 1. The van der Waals surface area contributed by atoms with Crippen LogP contribution < -0.4 is 5.73 Å². The number of unbranched alkanes of at least 4 members (excludes halogenated alkanes) is 5. The molecular weight excluding hydrogens is 436 g/mol. The Bertz CT molecular complexity index is 726. The lowest BCUT2D eigenvalue weighted by molar-refractivity contribution is -0.123. The summed E-state index contributed by atoms with van der Waals surface area (Å²) in [4.78, 5) is 15.6. The maximum Gasteiger partial charge on any atom is 0.232 e. The van der Waals surface area contributed by atoms with Crippen molar-refractivity contribution < 1.29 is 4.79 Å². The second-order valence-electron chi connectivity index (χ2n) is 8.50. The van der Waals surface area contributed by atoms with Gasteiger partial charge in [-0.3, -0.25) is 4.79 Å². The third-order valence-corrected chi connectivity index (χ3v) is 7.15. The van der Waals surface area contributed by atoms with Crippen LogP contribution in [-0.4, -0.2) is 35.8 Å². The van der Waals surface area contributed by atoms with Crippen molar-refractivity contribution in [2.75, 3.05) is 25.0 Å². The van der Waals surface area contributed by atoms with E-state index >= 15 is 0 Å². The van der Waals surface area contributed by atoms with E-state index in [0.29, 0.717) is 0 Å². The zero-order valence-corrected chi connectivity index (χ0v) is 19.5. The van der Waals surface area contributed by atoms with Crippen molar-refractivity contribution >= 4 is 21.8 Å². The maximum atomic E-state index is 13.1. The first-order valence-corrected chi connectivity index (χ1v) is 12.5. The Morgan fingerprint density at radius 3 is 1.97 bits per heavy atom. The second-order valence-corrected chi connectivity index (χ2v) is 9.29. The van der Waals surface area contributed by atoms with Crippen LogP contribution in [0.15, 0.2) is 60.7 Å². The van der Waals surface area contributed by atoms with Gasteiger partial charge in [-0.1, -0.05) is 102 Å². The molecule has 3 nitrogen and oxygen atoms in total. The van der Waals surface area contributed by atoms with Crippen LogP contribution >= 0.6 is 15.9 Å². The Labute approximate surface area is 190 Å². The summed E-state index contributed by atoms with van der Waals surface area (Å²) in [5.41, 5.74) is 7.44. The molecule has 30 heavy (non-hydrogen) atoms. The molecule has 1 saturated heterocycles.